The van der Waals surface area contributed by atoms with Gasteiger partial charge in [-0.15, -0.1) is 0 Å². The molecule has 0 aliphatic carbocycles. The minimum absolute atomic E-state index is 0.201. The van der Waals surface area contributed by atoms with Gasteiger partial charge in [-0.3, -0.25) is 9.36 Å². The molecule has 0 unspecified atom stereocenters. The smallest absolute Gasteiger partial charge is 0.252 e. The molecule has 0 radical (unpaired) electrons. The third-order valence-corrected chi connectivity index (χ3v) is 5.94. The van der Waals surface area contributed by atoms with Gasteiger partial charge in [-0.05, 0) is 55.1 Å². The van der Waals surface area contributed by atoms with Crippen molar-refractivity contribution in [1.29, 1.82) is 0 Å². The summed E-state index contributed by atoms with van der Waals surface area (Å²) in [5.41, 5.74) is 3.04. The average molecular weight is 445 g/mol. The van der Waals surface area contributed by atoms with Crippen molar-refractivity contribution in [3.63, 3.8) is 0 Å². The Balaban J connectivity index is 1.39. The minimum atomic E-state index is -0.335. The molecule has 8 heteroatoms. The van der Waals surface area contributed by atoms with Crippen molar-refractivity contribution < 1.29 is 4.39 Å². The second-order valence-corrected chi connectivity index (χ2v) is 8.32. The molecule has 5 rings (SSSR count). The van der Waals surface area contributed by atoms with E-state index in [0.717, 1.165) is 37.3 Å². The van der Waals surface area contributed by atoms with Crippen LogP contribution in [0.25, 0.3) is 11.0 Å². The van der Waals surface area contributed by atoms with Crippen LogP contribution in [0, 0.1) is 5.82 Å². The van der Waals surface area contributed by atoms with Crippen molar-refractivity contribution in [3.05, 3.63) is 88.6 Å². The summed E-state index contributed by atoms with van der Waals surface area (Å²) in [4.78, 5) is 26.3. The highest BCUT2D eigenvalue weighted by molar-refractivity contribution is 5.76. The van der Waals surface area contributed by atoms with Gasteiger partial charge in [0.2, 0.25) is 5.95 Å². The minimum Gasteiger partial charge on any atom is -0.369 e. The molecule has 33 heavy (non-hydrogen) atoms. The number of aromatic nitrogens is 3. The van der Waals surface area contributed by atoms with Crippen LogP contribution in [0.2, 0.25) is 0 Å². The fourth-order valence-electron chi connectivity index (χ4n) is 4.05. The van der Waals surface area contributed by atoms with Crippen molar-refractivity contribution in [2.24, 2.45) is 0 Å². The van der Waals surface area contributed by atoms with E-state index in [2.05, 4.69) is 44.3 Å². The largest absolute Gasteiger partial charge is 0.369 e. The molecule has 0 bridgehead atoms. The normalized spacial score (nSPS) is 14.5. The van der Waals surface area contributed by atoms with E-state index in [1.54, 1.807) is 24.4 Å². The van der Waals surface area contributed by atoms with Gasteiger partial charge >= 0.3 is 0 Å². The number of rotatable bonds is 5. The first kappa shape index (κ1) is 21.1. The third-order valence-electron chi connectivity index (χ3n) is 5.94. The Kier molecular flexibility index (Phi) is 5.75. The van der Waals surface area contributed by atoms with Crippen LogP contribution in [-0.2, 0) is 6.54 Å². The lowest BCUT2D eigenvalue weighted by Crippen LogP contribution is -2.44. The summed E-state index contributed by atoms with van der Waals surface area (Å²) >= 11 is 0. The molecule has 1 aliphatic rings. The van der Waals surface area contributed by atoms with Crippen LogP contribution in [0.4, 0.5) is 21.7 Å². The van der Waals surface area contributed by atoms with E-state index in [-0.39, 0.29) is 17.9 Å². The Morgan fingerprint density at radius 2 is 1.79 bits per heavy atom. The molecule has 1 N–H and O–H groups in total. The SMILES string of the molecule is CN1CCN(c2ccc(Nc3ncc4ccc(=O)n(Cc5cccc(F)c5)c4n3)cc2)CC1. The van der Waals surface area contributed by atoms with E-state index < -0.39 is 0 Å². The van der Waals surface area contributed by atoms with Crippen LogP contribution in [0.3, 0.4) is 0 Å². The Morgan fingerprint density at radius 3 is 2.55 bits per heavy atom. The zero-order chi connectivity index (χ0) is 22.8. The molecule has 1 saturated heterocycles. The molecule has 0 amide bonds. The van der Waals surface area contributed by atoms with Gasteiger partial charge in [-0.25, -0.2) is 9.37 Å². The quantitative estimate of drug-likeness (QED) is 0.509. The topological polar surface area (TPSA) is 66.3 Å². The molecule has 0 spiro atoms. The Bertz CT molecular complexity index is 1330. The molecule has 3 heterocycles. The lowest BCUT2D eigenvalue weighted by atomic mass is 10.2. The molecule has 168 valence electrons. The molecular weight excluding hydrogens is 419 g/mol. The van der Waals surface area contributed by atoms with Crippen LogP contribution in [0.1, 0.15) is 5.56 Å². The van der Waals surface area contributed by atoms with E-state index in [1.165, 1.54) is 28.5 Å². The first-order valence-electron chi connectivity index (χ1n) is 11.0. The number of hydrogen-bond acceptors (Lipinski definition) is 6. The van der Waals surface area contributed by atoms with E-state index in [1.807, 2.05) is 12.1 Å². The summed E-state index contributed by atoms with van der Waals surface area (Å²) < 4.78 is 15.2. The standard InChI is InChI=1S/C25H25FN6O/c1-30-11-13-31(14-12-30)22-8-6-21(7-9-22)28-25-27-16-19-5-10-23(33)32(24(19)29-25)17-18-3-2-4-20(26)15-18/h2-10,15-16H,11-14,17H2,1H3,(H,27,28,29). The molecule has 4 aromatic rings. The van der Waals surface area contributed by atoms with Gasteiger partial charge in [0.25, 0.3) is 5.56 Å². The summed E-state index contributed by atoms with van der Waals surface area (Å²) in [6.45, 7) is 4.37. The van der Waals surface area contributed by atoms with Gasteiger partial charge in [0.05, 0.1) is 6.54 Å². The molecule has 2 aromatic heterocycles. The Labute approximate surface area is 191 Å². The highest BCUT2D eigenvalue weighted by atomic mass is 19.1. The molecule has 0 atom stereocenters. The molecule has 0 saturated carbocycles. The maximum Gasteiger partial charge on any atom is 0.252 e. The number of piperazine rings is 1. The van der Waals surface area contributed by atoms with Crippen molar-refractivity contribution >= 4 is 28.4 Å². The third kappa shape index (κ3) is 4.70. The fourth-order valence-corrected chi connectivity index (χ4v) is 4.05. The van der Waals surface area contributed by atoms with Crippen LogP contribution in [0.15, 0.2) is 71.7 Å². The number of fused-ring (bicyclic) bond motifs is 1. The van der Waals surface area contributed by atoms with E-state index >= 15 is 0 Å². The van der Waals surface area contributed by atoms with Gasteiger partial charge in [-0.2, -0.15) is 4.98 Å². The Hall–Kier alpha value is -3.78. The lowest BCUT2D eigenvalue weighted by molar-refractivity contribution is 0.313. The van der Waals surface area contributed by atoms with Gasteiger partial charge in [-0.1, -0.05) is 12.1 Å². The first-order valence-corrected chi connectivity index (χ1v) is 11.0. The Morgan fingerprint density at radius 1 is 1.00 bits per heavy atom. The predicted octanol–water partition coefficient (Wildman–Crippen LogP) is 3.47. The highest BCUT2D eigenvalue weighted by Gasteiger charge is 2.14. The first-order chi connectivity index (χ1) is 16.0. The number of hydrogen-bond donors (Lipinski definition) is 1. The second kappa shape index (κ2) is 8.99. The summed E-state index contributed by atoms with van der Waals surface area (Å²) in [6, 6.07) is 17.6. The van der Waals surface area contributed by atoms with Crippen molar-refractivity contribution in [2.45, 2.75) is 6.54 Å². The monoisotopic (exact) mass is 444 g/mol. The van der Waals surface area contributed by atoms with Gasteiger partial charge < -0.3 is 15.1 Å². The van der Waals surface area contributed by atoms with Crippen LogP contribution in [-0.4, -0.2) is 52.7 Å². The predicted molar refractivity (Wildman–Crippen MR) is 129 cm³/mol. The zero-order valence-electron chi connectivity index (χ0n) is 18.4. The molecule has 2 aromatic carbocycles. The second-order valence-electron chi connectivity index (χ2n) is 8.32. The number of anilines is 3. The maximum atomic E-state index is 13.6. The van der Waals surface area contributed by atoms with Gasteiger partial charge in [0, 0.05) is 55.2 Å². The van der Waals surface area contributed by atoms with E-state index in [9.17, 15) is 9.18 Å². The fraction of sp³-hybridized carbons (Fsp3) is 0.240. The van der Waals surface area contributed by atoms with Crippen LogP contribution < -0.4 is 15.8 Å². The number of nitrogens with zero attached hydrogens (tertiary/aromatic N) is 5. The van der Waals surface area contributed by atoms with Crippen molar-refractivity contribution in [1.82, 2.24) is 19.4 Å². The number of nitrogens with one attached hydrogen (secondary N) is 1. The van der Waals surface area contributed by atoms with Gasteiger partial charge in [0.1, 0.15) is 11.5 Å². The summed E-state index contributed by atoms with van der Waals surface area (Å²) in [5, 5.41) is 3.97. The number of halogens is 1. The number of benzene rings is 2. The average Bonchev–Trinajstić information content (AvgIpc) is 2.82. The number of pyridine rings is 1. The summed E-state index contributed by atoms with van der Waals surface area (Å²) in [7, 11) is 2.14. The molecular formula is C25H25FN6O. The van der Waals surface area contributed by atoms with Crippen LogP contribution >= 0.6 is 0 Å². The summed E-state index contributed by atoms with van der Waals surface area (Å²) in [6.07, 6.45) is 1.69. The maximum absolute atomic E-state index is 13.6. The van der Waals surface area contributed by atoms with E-state index in [4.69, 9.17) is 0 Å². The van der Waals surface area contributed by atoms with Crippen molar-refractivity contribution in [2.75, 3.05) is 43.4 Å². The highest BCUT2D eigenvalue weighted by Crippen LogP contribution is 2.22. The summed E-state index contributed by atoms with van der Waals surface area (Å²) in [5.74, 6) is 0.0613. The van der Waals surface area contributed by atoms with E-state index in [0.29, 0.717) is 17.2 Å². The molecule has 7 nitrogen and oxygen atoms in total. The van der Waals surface area contributed by atoms with Gasteiger partial charge in [0.15, 0.2) is 0 Å². The number of likely N-dealkylation sites (N-methyl/N-ethyl adjacent to an activating group) is 1. The molecule has 1 fully saturated rings. The lowest BCUT2D eigenvalue weighted by Gasteiger charge is -2.34. The van der Waals surface area contributed by atoms with Crippen LogP contribution in [0.5, 0.6) is 0 Å². The molecule has 1 aliphatic heterocycles. The van der Waals surface area contributed by atoms with Crippen molar-refractivity contribution in [3.8, 4) is 0 Å². The zero-order valence-corrected chi connectivity index (χ0v) is 18.4.